The Morgan fingerprint density at radius 2 is 1.97 bits per heavy atom. The minimum atomic E-state index is -3.31. The van der Waals surface area contributed by atoms with Gasteiger partial charge in [-0.1, -0.05) is 12.1 Å². The molecule has 0 saturated heterocycles. The first-order valence-corrected chi connectivity index (χ1v) is 11.4. The van der Waals surface area contributed by atoms with E-state index in [9.17, 15) is 17.6 Å². The van der Waals surface area contributed by atoms with Gasteiger partial charge in [0.25, 0.3) is 0 Å². The molecular formula is C21H21FN4O3S. The number of benzene rings is 2. The first-order valence-electron chi connectivity index (χ1n) is 9.50. The van der Waals surface area contributed by atoms with Crippen molar-refractivity contribution in [3.05, 3.63) is 71.8 Å². The number of sulfone groups is 1. The van der Waals surface area contributed by atoms with E-state index >= 15 is 0 Å². The van der Waals surface area contributed by atoms with Gasteiger partial charge in [0.15, 0.2) is 9.84 Å². The number of carbonyl (C=O) groups is 1. The van der Waals surface area contributed by atoms with E-state index < -0.39 is 9.84 Å². The van der Waals surface area contributed by atoms with Crippen molar-refractivity contribution in [2.24, 2.45) is 0 Å². The lowest BCUT2D eigenvalue weighted by molar-refractivity contribution is 0.245. The normalized spacial score (nSPS) is 13.7. The Hall–Kier alpha value is -3.20. The number of fused-ring (bicyclic) bond motifs is 1. The molecule has 2 heterocycles. The summed E-state index contributed by atoms with van der Waals surface area (Å²) in [6.07, 6.45) is 4.32. The van der Waals surface area contributed by atoms with Gasteiger partial charge in [-0.15, -0.1) is 0 Å². The maximum Gasteiger partial charge on any atom is 0.322 e. The van der Waals surface area contributed by atoms with Gasteiger partial charge in [0.1, 0.15) is 5.82 Å². The molecule has 3 aromatic rings. The molecule has 7 nitrogen and oxygen atoms in total. The molecule has 1 aliphatic heterocycles. The average Bonchev–Trinajstić information content (AvgIpc) is 3.16. The number of rotatable bonds is 4. The van der Waals surface area contributed by atoms with Crippen LogP contribution in [-0.2, 0) is 22.8 Å². The lowest BCUT2D eigenvalue weighted by Crippen LogP contribution is -2.42. The quantitative estimate of drug-likeness (QED) is 0.692. The molecule has 9 heteroatoms. The number of hydrogen-bond donors (Lipinski definition) is 1. The SMILES string of the molecule is CS(=O)(=O)c1cccc(CNC(=O)N2CCCc3c2cnn3-c2ccc(F)cc2)c1. The van der Waals surface area contributed by atoms with Crippen molar-refractivity contribution < 1.29 is 17.6 Å². The number of nitrogens with zero attached hydrogens (tertiary/aromatic N) is 3. The highest BCUT2D eigenvalue weighted by molar-refractivity contribution is 7.90. The fraction of sp³-hybridized carbons (Fsp3) is 0.238. The molecule has 30 heavy (non-hydrogen) atoms. The van der Waals surface area contributed by atoms with E-state index in [0.717, 1.165) is 30.5 Å². The molecular weight excluding hydrogens is 407 g/mol. The Labute approximate surface area is 174 Å². The zero-order valence-electron chi connectivity index (χ0n) is 16.4. The van der Waals surface area contributed by atoms with Crippen LogP contribution in [0, 0.1) is 5.82 Å². The van der Waals surface area contributed by atoms with Gasteiger partial charge in [-0.2, -0.15) is 5.10 Å². The molecule has 0 bridgehead atoms. The van der Waals surface area contributed by atoms with Crippen LogP contribution in [0.2, 0.25) is 0 Å². The number of aromatic nitrogens is 2. The third kappa shape index (κ3) is 4.06. The van der Waals surface area contributed by atoms with Gasteiger partial charge in [-0.3, -0.25) is 4.90 Å². The summed E-state index contributed by atoms with van der Waals surface area (Å²) in [5.41, 5.74) is 3.04. The molecule has 0 aliphatic carbocycles. The number of nitrogens with one attached hydrogen (secondary N) is 1. The van der Waals surface area contributed by atoms with Crippen molar-refractivity contribution in [2.45, 2.75) is 24.3 Å². The molecule has 0 atom stereocenters. The van der Waals surface area contributed by atoms with Crippen LogP contribution in [0.1, 0.15) is 17.7 Å². The predicted molar refractivity (Wildman–Crippen MR) is 111 cm³/mol. The van der Waals surface area contributed by atoms with Crippen molar-refractivity contribution in [3.63, 3.8) is 0 Å². The second-order valence-electron chi connectivity index (χ2n) is 7.20. The molecule has 0 radical (unpaired) electrons. The minimum absolute atomic E-state index is 0.208. The van der Waals surface area contributed by atoms with E-state index in [1.165, 1.54) is 18.2 Å². The summed E-state index contributed by atoms with van der Waals surface area (Å²) in [5, 5.41) is 7.24. The summed E-state index contributed by atoms with van der Waals surface area (Å²) in [5.74, 6) is -0.319. The van der Waals surface area contributed by atoms with Crippen LogP contribution in [0.4, 0.5) is 14.9 Å². The fourth-order valence-corrected chi connectivity index (χ4v) is 4.22. The molecule has 0 fully saturated rings. The smallest absolute Gasteiger partial charge is 0.322 e. The Balaban J connectivity index is 1.51. The summed E-state index contributed by atoms with van der Waals surface area (Å²) in [7, 11) is -3.31. The van der Waals surface area contributed by atoms with E-state index in [2.05, 4.69) is 10.4 Å². The molecule has 2 aromatic carbocycles. The molecule has 0 spiro atoms. The number of amides is 2. The van der Waals surface area contributed by atoms with Crippen LogP contribution in [0.25, 0.3) is 5.69 Å². The molecule has 2 amide bonds. The first-order chi connectivity index (χ1) is 14.3. The van der Waals surface area contributed by atoms with E-state index in [-0.39, 0.29) is 23.3 Å². The first kappa shape index (κ1) is 20.1. The van der Waals surface area contributed by atoms with Gasteiger partial charge in [-0.25, -0.2) is 22.3 Å². The third-order valence-electron chi connectivity index (χ3n) is 5.02. The highest BCUT2D eigenvalue weighted by atomic mass is 32.2. The fourth-order valence-electron chi connectivity index (χ4n) is 3.52. The van der Waals surface area contributed by atoms with Crippen molar-refractivity contribution in [2.75, 3.05) is 17.7 Å². The van der Waals surface area contributed by atoms with Crippen LogP contribution in [0.5, 0.6) is 0 Å². The van der Waals surface area contributed by atoms with Crippen LogP contribution in [0.15, 0.2) is 59.6 Å². The summed E-state index contributed by atoms with van der Waals surface area (Å²) >= 11 is 0. The second-order valence-corrected chi connectivity index (χ2v) is 9.21. The van der Waals surface area contributed by atoms with Gasteiger partial charge in [0.05, 0.1) is 28.2 Å². The molecule has 1 N–H and O–H groups in total. The van der Waals surface area contributed by atoms with Crippen molar-refractivity contribution in [3.8, 4) is 5.69 Å². The molecule has 1 aromatic heterocycles. The monoisotopic (exact) mass is 428 g/mol. The van der Waals surface area contributed by atoms with Crippen LogP contribution >= 0.6 is 0 Å². The van der Waals surface area contributed by atoms with Crippen molar-refractivity contribution in [1.82, 2.24) is 15.1 Å². The lowest BCUT2D eigenvalue weighted by Gasteiger charge is -2.27. The molecule has 1 aliphatic rings. The minimum Gasteiger partial charge on any atom is -0.334 e. The lowest BCUT2D eigenvalue weighted by atomic mass is 10.1. The van der Waals surface area contributed by atoms with Crippen LogP contribution < -0.4 is 10.2 Å². The zero-order valence-corrected chi connectivity index (χ0v) is 17.2. The Morgan fingerprint density at radius 1 is 1.20 bits per heavy atom. The van der Waals surface area contributed by atoms with Gasteiger partial charge < -0.3 is 5.32 Å². The summed E-state index contributed by atoms with van der Waals surface area (Å²) < 4.78 is 38.4. The Bertz CT molecular complexity index is 1190. The Morgan fingerprint density at radius 3 is 2.70 bits per heavy atom. The largest absolute Gasteiger partial charge is 0.334 e. The number of urea groups is 1. The number of hydrogen-bond acceptors (Lipinski definition) is 4. The molecule has 0 saturated carbocycles. The standard InChI is InChI=1S/C21H21FN4O3S/c1-30(28,29)18-5-2-4-15(12-18)13-23-21(27)25-11-3-6-19-20(25)14-24-26(19)17-9-7-16(22)8-10-17/h2,4-5,7-10,12,14H,3,6,11,13H2,1H3,(H,23,27). The van der Waals surface area contributed by atoms with Crippen LogP contribution in [0.3, 0.4) is 0 Å². The van der Waals surface area contributed by atoms with E-state index in [4.69, 9.17) is 0 Å². The maximum atomic E-state index is 13.2. The number of carbonyl (C=O) groups excluding carboxylic acids is 1. The third-order valence-corrected chi connectivity index (χ3v) is 6.13. The van der Waals surface area contributed by atoms with E-state index in [1.54, 1.807) is 46.1 Å². The number of anilines is 1. The molecule has 4 rings (SSSR count). The van der Waals surface area contributed by atoms with E-state index in [1.807, 2.05) is 0 Å². The van der Waals surface area contributed by atoms with Gasteiger partial charge in [0.2, 0.25) is 0 Å². The summed E-state index contributed by atoms with van der Waals surface area (Å²) in [6, 6.07) is 12.3. The molecule has 156 valence electrons. The Kier molecular flexibility index (Phi) is 5.29. The zero-order chi connectivity index (χ0) is 21.3. The van der Waals surface area contributed by atoms with Crippen LogP contribution in [-0.4, -0.2) is 37.0 Å². The van der Waals surface area contributed by atoms with Gasteiger partial charge >= 0.3 is 6.03 Å². The highest BCUT2D eigenvalue weighted by Crippen LogP contribution is 2.29. The second kappa shape index (κ2) is 7.91. The highest BCUT2D eigenvalue weighted by Gasteiger charge is 2.26. The van der Waals surface area contributed by atoms with Gasteiger partial charge in [-0.05, 0) is 54.8 Å². The molecule has 0 unspecified atom stereocenters. The van der Waals surface area contributed by atoms with E-state index in [0.29, 0.717) is 17.8 Å². The summed E-state index contributed by atoms with van der Waals surface area (Å²) in [6.45, 7) is 0.761. The van der Waals surface area contributed by atoms with Gasteiger partial charge in [0, 0.05) is 19.3 Å². The summed E-state index contributed by atoms with van der Waals surface area (Å²) in [4.78, 5) is 14.7. The maximum absolute atomic E-state index is 13.2. The van der Waals surface area contributed by atoms with Crippen molar-refractivity contribution >= 4 is 21.6 Å². The van der Waals surface area contributed by atoms with Crippen molar-refractivity contribution in [1.29, 1.82) is 0 Å². The topological polar surface area (TPSA) is 84.3 Å². The average molecular weight is 428 g/mol. The predicted octanol–water partition coefficient (Wildman–Crippen LogP) is 3.08. The number of halogens is 1.